The summed E-state index contributed by atoms with van der Waals surface area (Å²) in [7, 11) is -8.46. The number of nitriles is 2. The van der Waals surface area contributed by atoms with Gasteiger partial charge in [-0.25, -0.2) is 0 Å². The van der Waals surface area contributed by atoms with Crippen LogP contribution in [0.3, 0.4) is 0 Å². The lowest BCUT2D eigenvalue weighted by Gasteiger charge is -2.12. The lowest BCUT2D eigenvalue weighted by molar-refractivity contribution is 0.459. The molecule has 1 aromatic heterocycles. The van der Waals surface area contributed by atoms with Crippen LogP contribution in [0.15, 0.2) is 101 Å². The summed E-state index contributed by atoms with van der Waals surface area (Å²) in [5, 5.41) is 18.1. The second-order valence-corrected chi connectivity index (χ2v) is 9.50. The molecule has 0 aliphatic carbocycles. The summed E-state index contributed by atoms with van der Waals surface area (Å²) < 4.78 is 60.3. The molecule has 0 aliphatic heterocycles. The molecule has 34 heavy (non-hydrogen) atoms. The van der Waals surface area contributed by atoms with Crippen LogP contribution in [0.1, 0.15) is 11.3 Å². The minimum absolute atomic E-state index is 0.0213. The highest BCUT2D eigenvalue weighted by Gasteiger charge is 2.21. The van der Waals surface area contributed by atoms with Crippen molar-refractivity contribution in [3.05, 3.63) is 102 Å². The first-order chi connectivity index (χ1) is 16.3. The Morgan fingerprint density at radius 1 is 0.706 bits per heavy atom. The minimum atomic E-state index is -4.24. The van der Waals surface area contributed by atoms with E-state index in [1.807, 2.05) is 0 Å². The number of rotatable bonds is 8. The summed E-state index contributed by atoms with van der Waals surface area (Å²) in [6, 6.07) is 20.7. The average Bonchev–Trinajstić information content (AvgIpc) is 2.84. The number of pyridine rings is 1. The molecule has 0 N–H and O–H groups in total. The fraction of sp³-hybridized carbons (Fsp3) is 0. The van der Waals surface area contributed by atoms with E-state index < -0.39 is 20.2 Å². The van der Waals surface area contributed by atoms with Crippen LogP contribution < -0.4 is 0 Å². The Kier molecular flexibility index (Phi) is 7.43. The van der Waals surface area contributed by atoms with Crippen LogP contribution in [-0.4, -0.2) is 21.8 Å². The molecule has 3 rings (SSSR count). The molecule has 0 unspecified atom stereocenters. The lowest BCUT2D eigenvalue weighted by atomic mass is 10.2. The zero-order valence-electron chi connectivity index (χ0n) is 17.3. The van der Waals surface area contributed by atoms with Gasteiger partial charge >= 0.3 is 20.2 Å². The summed E-state index contributed by atoms with van der Waals surface area (Å²) in [5.41, 5.74) is 0.0964. The first-order valence-electron chi connectivity index (χ1n) is 9.42. The standard InChI is InChI=1S/C23H15N3O6S2/c24-15-13-22(31-33(27,28)19-7-3-1-4-8-19)18-11-12-21(26-17-18)23(14-16-25)32-34(29,30)20-9-5-2-6-10-20/h1-14,17H/b22-13-,23-14-. The lowest BCUT2D eigenvalue weighted by Crippen LogP contribution is -2.08. The van der Waals surface area contributed by atoms with E-state index in [2.05, 4.69) is 4.98 Å². The molecule has 0 saturated heterocycles. The van der Waals surface area contributed by atoms with E-state index in [4.69, 9.17) is 18.9 Å². The number of benzene rings is 2. The topological polar surface area (TPSA) is 147 Å². The first kappa shape index (κ1) is 24.2. The monoisotopic (exact) mass is 493 g/mol. The molecular weight excluding hydrogens is 478 g/mol. The fourth-order valence-corrected chi connectivity index (χ4v) is 4.53. The number of nitrogens with zero attached hydrogens (tertiary/aromatic N) is 3. The van der Waals surface area contributed by atoms with Crippen molar-refractivity contribution in [1.29, 1.82) is 10.5 Å². The Morgan fingerprint density at radius 2 is 1.18 bits per heavy atom. The summed E-state index contributed by atoms with van der Waals surface area (Å²) in [6.07, 6.45) is 2.91. The predicted molar refractivity (Wildman–Crippen MR) is 121 cm³/mol. The van der Waals surface area contributed by atoms with E-state index in [1.54, 1.807) is 24.3 Å². The van der Waals surface area contributed by atoms with Crippen molar-refractivity contribution in [1.82, 2.24) is 4.98 Å². The van der Waals surface area contributed by atoms with Crippen LogP contribution in [0.25, 0.3) is 11.5 Å². The maximum atomic E-state index is 12.5. The molecule has 11 heteroatoms. The molecule has 3 aromatic rings. The molecule has 0 spiro atoms. The van der Waals surface area contributed by atoms with E-state index >= 15 is 0 Å². The summed E-state index contributed by atoms with van der Waals surface area (Å²) in [5.74, 6) is -0.643. The van der Waals surface area contributed by atoms with Gasteiger partial charge in [-0.2, -0.15) is 27.4 Å². The summed E-state index contributed by atoms with van der Waals surface area (Å²) >= 11 is 0. The molecule has 0 radical (unpaired) electrons. The Balaban J connectivity index is 1.89. The third kappa shape index (κ3) is 5.86. The third-order valence-corrected chi connectivity index (χ3v) is 6.65. The molecule has 1 heterocycles. The van der Waals surface area contributed by atoms with Gasteiger partial charge < -0.3 is 8.37 Å². The predicted octanol–water partition coefficient (Wildman–Crippen LogP) is 3.62. The van der Waals surface area contributed by atoms with Crippen LogP contribution in [0, 0.1) is 22.7 Å². The highest BCUT2D eigenvalue weighted by atomic mass is 32.2. The highest BCUT2D eigenvalue weighted by Crippen LogP contribution is 2.25. The van der Waals surface area contributed by atoms with Crippen LogP contribution >= 0.6 is 0 Å². The molecule has 0 atom stereocenters. The molecule has 0 saturated carbocycles. The smallest absolute Gasteiger partial charge is 0.339 e. The van der Waals surface area contributed by atoms with Gasteiger partial charge in [0.1, 0.15) is 15.5 Å². The van der Waals surface area contributed by atoms with Crippen molar-refractivity contribution in [2.75, 3.05) is 0 Å². The SMILES string of the molecule is N#C/C=C(\OS(=O)(=O)c1ccccc1)c1ccc(/C(=C/C#N)OS(=O)(=O)c2ccccc2)nc1. The van der Waals surface area contributed by atoms with E-state index in [-0.39, 0.29) is 32.6 Å². The van der Waals surface area contributed by atoms with Crippen molar-refractivity contribution in [2.45, 2.75) is 9.79 Å². The summed E-state index contributed by atoms with van der Waals surface area (Å²) in [4.78, 5) is 3.82. The van der Waals surface area contributed by atoms with Crippen molar-refractivity contribution >= 4 is 31.8 Å². The largest absolute Gasteiger partial charge is 0.377 e. The molecular formula is C23H15N3O6S2. The van der Waals surface area contributed by atoms with E-state index in [1.165, 1.54) is 60.7 Å². The van der Waals surface area contributed by atoms with Crippen molar-refractivity contribution < 1.29 is 25.2 Å². The van der Waals surface area contributed by atoms with E-state index in [0.29, 0.717) is 0 Å². The Morgan fingerprint density at radius 3 is 1.62 bits per heavy atom. The van der Waals surface area contributed by atoms with Crippen molar-refractivity contribution in [3.8, 4) is 12.1 Å². The first-order valence-corrected chi connectivity index (χ1v) is 12.2. The highest BCUT2D eigenvalue weighted by molar-refractivity contribution is 7.87. The Bertz CT molecular complexity index is 1400. The van der Waals surface area contributed by atoms with Crippen LogP contribution in [0.2, 0.25) is 0 Å². The normalized spacial score (nSPS) is 12.3. The van der Waals surface area contributed by atoms with E-state index in [0.717, 1.165) is 18.3 Å². The van der Waals surface area contributed by atoms with E-state index in [9.17, 15) is 16.8 Å². The molecule has 9 nitrogen and oxygen atoms in total. The molecule has 0 aliphatic rings. The molecule has 170 valence electrons. The second kappa shape index (κ2) is 10.4. The van der Waals surface area contributed by atoms with Crippen molar-refractivity contribution in [3.63, 3.8) is 0 Å². The van der Waals surface area contributed by atoms with Crippen LogP contribution in [0.5, 0.6) is 0 Å². The van der Waals surface area contributed by atoms with Crippen LogP contribution in [0.4, 0.5) is 0 Å². The van der Waals surface area contributed by atoms with Crippen LogP contribution in [-0.2, 0) is 28.6 Å². The zero-order valence-corrected chi connectivity index (χ0v) is 18.9. The number of hydrogen-bond acceptors (Lipinski definition) is 9. The van der Waals surface area contributed by atoms with Gasteiger partial charge in [0, 0.05) is 11.8 Å². The van der Waals surface area contributed by atoms with Gasteiger partial charge in [-0.3, -0.25) is 4.98 Å². The molecule has 0 fully saturated rings. The zero-order chi connectivity index (χ0) is 24.6. The van der Waals surface area contributed by atoms with Gasteiger partial charge in [-0.1, -0.05) is 36.4 Å². The molecule has 0 bridgehead atoms. The number of hydrogen-bond donors (Lipinski definition) is 0. The van der Waals surface area contributed by atoms with Gasteiger partial charge in [0.25, 0.3) is 0 Å². The van der Waals surface area contributed by atoms with Gasteiger partial charge in [-0.05, 0) is 36.4 Å². The maximum Gasteiger partial charge on any atom is 0.339 e. The fourth-order valence-electron chi connectivity index (χ4n) is 2.61. The Labute approximate surface area is 196 Å². The molecule has 0 amide bonds. The minimum Gasteiger partial charge on any atom is -0.377 e. The number of allylic oxidation sites excluding steroid dienone is 2. The molecule has 2 aromatic carbocycles. The number of aromatic nitrogens is 1. The average molecular weight is 494 g/mol. The van der Waals surface area contributed by atoms with Gasteiger partial charge in [0.05, 0.1) is 24.3 Å². The third-order valence-electron chi connectivity index (χ3n) is 4.15. The maximum absolute atomic E-state index is 12.5. The summed E-state index contributed by atoms with van der Waals surface area (Å²) in [6.45, 7) is 0. The van der Waals surface area contributed by atoms with Gasteiger partial charge in [-0.15, -0.1) is 0 Å². The van der Waals surface area contributed by atoms with Gasteiger partial charge in [0.2, 0.25) is 0 Å². The second-order valence-electron chi connectivity index (χ2n) is 6.41. The van der Waals surface area contributed by atoms with Crippen molar-refractivity contribution in [2.24, 2.45) is 0 Å². The van der Waals surface area contributed by atoms with Gasteiger partial charge in [0.15, 0.2) is 11.5 Å². The Hall–Kier alpha value is -4.45. The quantitative estimate of drug-likeness (QED) is 0.261.